The summed E-state index contributed by atoms with van der Waals surface area (Å²) in [6.45, 7) is 1.19. The second-order valence-corrected chi connectivity index (χ2v) is 7.79. The zero-order valence-corrected chi connectivity index (χ0v) is 16.7. The van der Waals surface area contributed by atoms with Crippen molar-refractivity contribution in [3.63, 3.8) is 0 Å². The fraction of sp³-hybridized carbons (Fsp3) is 0.250. The van der Waals surface area contributed by atoms with Crippen molar-refractivity contribution in [2.45, 2.75) is 24.4 Å². The minimum absolute atomic E-state index is 0.0957. The summed E-state index contributed by atoms with van der Waals surface area (Å²) in [4.78, 5) is 18.9. The molecule has 3 aromatic rings. The van der Waals surface area contributed by atoms with Crippen LogP contribution < -0.4 is 4.72 Å². The fourth-order valence-corrected chi connectivity index (χ4v) is 3.61. The van der Waals surface area contributed by atoms with E-state index >= 15 is 0 Å². The molecule has 0 aliphatic rings. The van der Waals surface area contributed by atoms with Gasteiger partial charge in [-0.3, -0.25) is 4.72 Å². The quantitative estimate of drug-likeness (QED) is 0.448. The van der Waals surface area contributed by atoms with Gasteiger partial charge in [0, 0.05) is 5.69 Å². The minimum Gasteiger partial charge on any atom is -0.465 e. The van der Waals surface area contributed by atoms with Gasteiger partial charge in [-0.25, -0.2) is 9.78 Å². The summed E-state index contributed by atoms with van der Waals surface area (Å²) in [6, 6.07) is 2.79. The van der Waals surface area contributed by atoms with Gasteiger partial charge < -0.3 is 4.74 Å². The Bertz CT molecular complexity index is 1320. The Balaban J connectivity index is 2.19. The van der Waals surface area contributed by atoms with Crippen LogP contribution in [0.1, 0.15) is 27.3 Å². The van der Waals surface area contributed by atoms with Gasteiger partial charge in [0.25, 0.3) is 21.0 Å². The average molecular weight is 483 g/mol. The highest BCUT2D eigenvalue weighted by atomic mass is 32.2. The van der Waals surface area contributed by atoms with Crippen LogP contribution in [-0.2, 0) is 27.1 Å². The number of nitrogens with zero attached hydrogens (tertiary/aromatic N) is 4. The lowest BCUT2D eigenvalue weighted by molar-refractivity contribution is -0.142. The zero-order chi connectivity index (χ0) is 24.1. The van der Waals surface area contributed by atoms with Crippen LogP contribution in [0.4, 0.5) is 32.0 Å². The number of ether oxygens (including phenoxy) is 1. The first-order chi connectivity index (χ1) is 14.6. The van der Waals surface area contributed by atoms with Gasteiger partial charge in [-0.1, -0.05) is 6.07 Å². The first-order valence-electron chi connectivity index (χ1n) is 8.28. The molecule has 16 heteroatoms. The van der Waals surface area contributed by atoms with E-state index in [1.807, 2.05) is 0 Å². The molecule has 0 saturated carbocycles. The molecule has 1 N–H and O–H groups in total. The van der Waals surface area contributed by atoms with Crippen molar-refractivity contribution in [1.82, 2.24) is 19.6 Å². The summed E-state index contributed by atoms with van der Waals surface area (Å²) in [6.07, 6.45) is -10.1. The molecular weight excluding hydrogens is 472 g/mol. The Morgan fingerprint density at radius 1 is 1.09 bits per heavy atom. The third-order valence-electron chi connectivity index (χ3n) is 3.96. The zero-order valence-electron chi connectivity index (χ0n) is 15.9. The van der Waals surface area contributed by atoms with Crippen molar-refractivity contribution in [2.75, 3.05) is 11.8 Å². The van der Waals surface area contributed by atoms with E-state index < -0.39 is 61.8 Å². The second-order valence-electron chi connectivity index (χ2n) is 6.21. The van der Waals surface area contributed by atoms with Crippen molar-refractivity contribution in [3.05, 3.63) is 46.8 Å². The van der Waals surface area contributed by atoms with E-state index in [2.05, 4.69) is 19.8 Å². The third kappa shape index (κ3) is 4.30. The number of halogens is 6. The van der Waals surface area contributed by atoms with Gasteiger partial charge in [-0.15, -0.1) is 5.10 Å². The number of para-hydroxylation sites is 1. The Kier molecular flexibility index (Phi) is 5.53. The molecule has 9 nitrogen and oxygen atoms in total. The number of hydrogen-bond donors (Lipinski definition) is 1. The molecule has 2 heterocycles. The standard InChI is InChI=1S/C16H11F6N5O4S/c1-7-6-10(16(20,21)22)27-13(23-7)24-14(25-27)32(29,30)26-11-8(12(28)31-2)4-3-5-9(11)15(17,18)19/h3-6,26H,1-2H3. The van der Waals surface area contributed by atoms with Crippen LogP contribution in [-0.4, -0.2) is 41.1 Å². The van der Waals surface area contributed by atoms with Crippen LogP contribution >= 0.6 is 0 Å². The Hall–Kier alpha value is -3.43. The number of aryl methyl sites for hydroxylation is 1. The molecule has 0 aliphatic carbocycles. The minimum atomic E-state index is -5.11. The molecule has 2 aromatic heterocycles. The number of esters is 1. The number of rotatable bonds is 4. The molecule has 3 rings (SSSR count). The number of hydrogen-bond acceptors (Lipinski definition) is 7. The lowest BCUT2D eigenvalue weighted by Crippen LogP contribution is -2.21. The van der Waals surface area contributed by atoms with Crippen molar-refractivity contribution in [2.24, 2.45) is 0 Å². The van der Waals surface area contributed by atoms with Gasteiger partial charge >= 0.3 is 18.3 Å². The molecule has 0 aliphatic heterocycles. The molecular formula is C16H11F6N5O4S. The number of benzene rings is 1. The summed E-state index contributed by atoms with van der Waals surface area (Å²) >= 11 is 0. The third-order valence-corrected chi connectivity index (χ3v) is 5.09. The monoisotopic (exact) mass is 483 g/mol. The van der Waals surface area contributed by atoms with E-state index in [4.69, 9.17) is 0 Å². The Morgan fingerprint density at radius 3 is 2.31 bits per heavy atom. The highest BCUT2D eigenvalue weighted by molar-refractivity contribution is 7.92. The summed E-state index contributed by atoms with van der Waals surface area (Å²) in [5, 5.41) is 1.95. The van der Waals surface area contributed by atoms with E-state index in [-0.39, 0.29) is 10.2 Å². The molecule has 32 heavy (non-hydrogen) atoms. The maximum atomic E-state index is 13.4. The summed E-state index contributed by atoms with van der Waals surface area (Å²) in [5.74, 6) is -2.05. The molecule has 0 bridgehead atoms. The summed E-state index contributed by atoms with van der Waals surface area (Å²) < 4.78 is 111. The molecule has 0 radical (unpaired) electrons. The number of alkyl halides is 6. The average Bonchev–Trinajstić information content (AvgIpc) is 3.09. The van der Waals surface area contributed by atoms with Crippen molar-refractivity contribution < 1.29 is 44.3 Å². The number of carbonyl (C=O) groups is 1. The number of aromatic nitrogens is 4. The van der Waals surface area contributed by atoms with E-state index in [1.54, 1.807) is 0 Å². The van der Waals surface area contributed by atoms with Crippen molar-refractivity contribution >= 4 is 27.5 Å². The van der Waals surface area contributed by atoms with Gasteiger partial charge in [-0.05, 0) is 25.1 Å². The van der Waals surface area contributed by atoms with Crippen LogP contribution in [0.3, 0.4) is 0 Å². The van der Waals surface area contributed by atoms with Crippen LogP contribution in [0.25, 0.3) is 5.78 Å². The molecule has 172 valence electrons. The summed E-state index contributed by atoms with van der Waals surface area (Å²) in [7, 11) is -4.25. The SMILES string of the molecule is COC(=O)c1cccc(C(F)(F)F)c1NS(=O)(=O)c1nc2nc(C)cc(C(F)(F)F)n2n1. The normalized spacial score (nSPS) is 12.8. The van der Waals surface area contributed by atoms with Gasteiger partial charge in [0.1, 0.15) is 0 Å². The topological polar surface area (TPSA) is 116 Å². The summed E-state index contributed by atoms with van der Waals surface area (Å²) in [5.41, 5.74) is -5.10. The van der Waals surface area contributed by atoms with Crippen molar-refractivity contribution in [3.8, 4) is 0 Å². The number of anilines is 1. The highest BCUT2D eigenvalue weighted by Crippen LogP contribution is 2.38. The predicted octanol–water partition coefficient (Wildman–Crippen LogP) is 3.06. The van der Waals surface area contributed by atoms with Crippen LogP contribution in [0.5, 0.6) is 0 Å². The number of fused-ring (bicyclic) bond motifs is 1. The highest BCUT2D eigenvalue weighted by Gasteiger charge is 2.39. The van der Waals surface area contributed by atoms with Crippen molar-refractivity contribution in [1.29, 1.82) is 0 Å². The van der Waals surface area contributed by atoms with Gasteiger partial charge in [-0.2, -0.15) is 44.3 Å². The predicted molar refractivity (Wildman–Crippen MR) is 94.1 cm³/mol. The fourth-order valence-electron chi connectivity index (χ4n) is 2.64. The Labute approximate surface area is 175 Å². The second kappa shape index (κ2) is 7.61. The number of nitrogens with one attached hydrogen (secondary N) is 1. The van der Waals surface area contributed by atoms with E-state index in [1.165, 1.54) is 11.6 Å². The first kappa shape index (κ1) is 23.2. The van der Waals surface area contributed by atoms with Crippen LogP contribution in [0, 0.1) is 6.92 Å². The van der Waals surface area contributed by atoms with Gasteiger partial charge in [0.15, 0.2) is 5.69 Å². The molecule has 0 spiro atoms. The van der Waals surface area contributed by atoms with Gasteiger partial charge in [0.05, 0.1) is 23.9 Å². The van der Waals surface area contributed by atoms with Crippen LogP contribution in [0.15, 0.2) is 29.4 Å². The maximum absolute atomic E-state index is 13.4. The smallest absolute Gasteiger partial charge is 0.433 e. The lowest BCUT2D eigenvalue weighted by Gasteiger charge is -2.16. The maximum Gasteiger partial charge on any atom is 0.433 e. The van der Waals surface area contributed by atoms with E-state index in [9.17, 15) is 39.6 Å². The molecule has 0 unspecified atom stereocenters. The lowest BCUT2D eigenvalue weighted by atomic mass is 10.1. The molecule has 1 aromatic carbocycles. The number of carbonyl (C=O) groups excluding carboxylic acids is 1. The molecule has 0 amide bonds. The van der Waals surface area contributed by atoms with Crippen LogP contribution in [0.2, 0.25) is 0 Å². The number of methoxy groups -OCH3 is 1. The van der Waals surface area contributed by atoms with Gasteiger partial charge in [0.2, 0.25) is 0 Å². The molecule has 0 fully saturated rings. The number of sulfonamides is 1. The molecule has 0 saturated heterocycles. The largest absolute Gasteiger partial charge is 0.465 e. The molecule has 0 atom stereocenters. The Morgan fingerprint density at radius 2 is 1.75 bits per heavy atom. The van der Waals surface area contributed by atoms with E-state index in [0.717, 1.165) is 19.2 Å². The van der Waals surface area contributed by atoms with E-state index in [0.29, 0.717) is 12.1 Å². The first-order valence-corrected chi connectivity index (χ1v) is 9.76.